The van der Waals surface area contributed by atoms with Gasteiger partial charge in [-0.2, -0.15) is 5.10 Å². The van der Waals surface area contributed by atoms with Gasteiger partial charge in [-0.25, -0.2) is 4.79 Å². The fraction of sp³-hybridized carbons (Fsp3) is 0.235. The number of hydrogen-bond donors (Lipinski definition) is 2. The van der Waals surface area contributed by atoms with Crippen LogP contribution in [0, 0.1) is 13.8 Å². The first kappa shape index (κ1) is 15.0. The zero-order valence-electron chi connectivity index (χ0n) is 13.3. The molecule has 6 heteroatoms. The van der Waals surface area contributed by atoms with Crippen molar-refractivity contribution in [2.45, 2.75) is 26.3 Å². The Kier molecular flexibility index (Phi) is 3.52. The Morgan fingerprint density at radius 3 is 2.48 bits per heavy atom. The van der Waals surface area contributed by atoms with Gasteiger partial charge in [0.15, 0.2) is 0 Å². The van der Waals surface area contributed by atoms with E-state index in [9.17, 15) is 9.59 Å². The Morgan fingerprint density at radius 1 is 1.17 bits per heavy atom. The van der Waals surface area contributed by atoms with Gasteiger partial charge >= 0.3 is 6.03 Å². The van der Waals surface area contributed by atoms with Crippen molar-refractivity contribution < 1.29 is 9.59 Å². The van der Waals surface area contributed by atoms with E-state index in [1.165, 1.54) is 6.21 Å². The van der Waals surface area contributed by atoms with E-state index in [4.69, 9.17) is 0 Å². The maximum Gasteiger partial charge on any atom is 0.346 e. The van der Waals surface area contributed by atoms with Crippen LogP contribution in [0.2, 0.25) is 0 Å². The number of carbonyl (C=O) groups excluding carboxylic acids is 2. The van der Waals surface area contributed by atoms with Crippen LogP contribution >= 0.6 is 0 Å². The SMILES string of the molecule is Cc1cc(/C=N/N2C(=O)N[C@@](C)(c3ccccc3)C2=O)c(C)[nH]1. The van der Waals surface area contributed by atoms with Gasteiger partial charge in [0.05, 0.1) is 6.21 Å². The first-order valence-corrected chi connectivity index (χ1v) is 7.34. The summed E-state index contributed by atoms with van der Waals surface area (Å²) in [5.41, 5.74) is 2.40. The maximum atomic E-state index is 12.7. The molecular weight excluding hydrogens is 292 g/mol. The number of aryl methyl sites for hydroxylation is 2. The first-order valence-electron chi connectivity index (χ1n) is 7.34. The Morgan fingerprint density at radius 2 is 1.87 bits per heavy atom. The van der Waals surface area contributed by atoms with E-state index in [-0.39, 0.29) is 0 Å². The van der Waals surface area contributed by atoms with Crippen LogP contribution in [0.1, 0.15) is 29.4 Å². The quantitative estimate of drug-likeness (QED) is 0.674. The molecular formula is C17H18N4O2. The lowest BCUT2D eigenvalue weighted by atomic mass is 9.92. The molecule has 3 rings (SSSR count). The molecule has 23 heavy (non-hydrogen) atoms. The van der Waals surface area contributed by atoms with E-state index in [2.05, 4.69) is 15.4 Å². The molecule has 2 aromatic rings. The van der Waals surface area contributed by atoms with E-state index >= 15 is 0 Å². The van der Waals surface area contributed by atoms with Crippen LogP contribution in [0.5, 0.6) is 0 Å². The maximum absolute atomic E-state index is 12.7. The molecule has 1 aromatic heterocycles. The van der Waals surface area contributed by atoms with Crippen molar-refractivity contribution >= 4 is 18.2 Å². The number of hydrazone groups is 1. The lowest BCUT2D eigenvalue weighted by Gasteiger charge is -2.20. The minimum absolute atomic E-state index is 0.394. The number of benzene rings is 1. The Balaban J connectivity index is 1.89. The molecule has 2 N–H and O–H groups in total. The van der Waals surface area contributed by atoms with E-state index in [0.717, 1.165) is 27.5 Å². The highest BCUT2D eigenvalue weighted by Crippen LogP contribution is 2.28. The normalized spacial score (nSPS) is 21.3. The van der Waals surface area contributed by atoms with E-state index in [1.54, 1.807) is 6.92 Å². The Labute approximate surface area is 134 Å². The number of imide groups is 1. The molecule has 118 valence electrons. The van der Waals surface area contributed by atoms with Crippen molar-refractivity contribution in [3.05, 3.63) is 58.9 Å². The second-order valence-electron chi connectivity index (χ2n) is 5.82. The summed E-state index contributed by atoms with van der Waals surface area (Å²) in [7, 11) is 0. The fourth-order valence-electron chi connectivity index (χ4n) is 2.70. The van der Waals surface area contributed by atoms with Gasteiger partial charge in [0, 0.05) is 17.0 Å². The second kappa shape index (κ2) is 5.39. The Hall–Kier alpha value is -2.89. The molecule has 1 fully saturated rings. The van der Waals surface area contributed by atoms with Crippen LogP contribution < -0.4 is 5.32 Å². The van der Waals surface area contributed by atoms with Gasteiger partial charge in [0.1, 0.15) is 5.54 Å². The number of rotatable bonds is 3. The van der Waals surface area contributed by atoms with Gasteiger partial charge in [0.25, 0.3) is 5.91 Å². The molecule has 1 aromatic carbocycles. The van der Waals surface area contributed by atoms with Crippen molar-refractivity contribution in [3.8, 4) is 0 Å². The van der Waals surface area contributed by atoms with Crippen molar-refractivity contribution in [2.75, 3.05) is 0 Å². The van der Waals surface area contributed by atoms with Crippen molar-refractivity contribution in [3.63, 3.8) is 0 Å². The molecule has 3 amide bonds. The number of H-pyrrole nitrogens is 1. The second-order valence-corrected chi connectivity index (χ2v) is 5.82. The van der Waals surface area contributed by atoms with Crippen LogP contribution in [0.15, 0.2) is 41.5 Å². The monoisotopic (exact) mass is 310 g/mol. The lowest BCUT2D eigenvalue weighted by Crippen LogP contribution is -2.40. The predicted octanol–water partition coefficient (Wildman–Crippen LogP) is 2.43. The molecule has 1 atom stereocenters. The largest absolute Gasteiger partial charge is 0.362 e. The third kappa shape index (κ3) is 2.52. The van der Waals surface area contributed by atoms with E-state index in [1.807, 2.05) is 50.2 Å². The third-order valence-corrected chi connectivity index (χ3v) is 4.02. The molecule has 2 heterocycles. The number of aromatic nitrogens is 1. The molecule has 0 aliphatic carbocycles. The zero-order valence-corrected chi connectivity index (χ0v) is 13.3. The van der Waals surface area contributed by atoms with Crippen LogP contribution in [-0.4, -0.2) is 28.1 Å². The number of hydrogen-bond acceptors (Lipinski definition) is 3. The van der Waals surface area contributed by atoms with Crippen molar-refractivity contribution in [1.29, 1.82) is 0 Å². The van der Waals surface area contributed by atoms with Crippen molar-refractivity contribution in [2.24, 2.45) is 5.10 Å². The van der Waals surface area contributed by atoms with Crippen LogP contribution in [0.25, 0.3) is 0 Å². The molecule has 0 saturated carbocycles. The van der Waals surface area contributed by atoms with Gasteiger partial charge in [-0.05, 0) is 32.4 Å². The third-order valence-electron chi connectivity index (χ3n) is 4.02. The molecule has 0 unspecified atom stereocenters. The highest BCUT2D eigenvalue weighted by Gasteiger charge is 2.49. The fourth-order valence-corrected chi connectivity index (χ4v) is 2.70. The molecule has 1 aliphatic rings. The van der Waals surface area contributed by atoms with E-state index in [0.29, 0.717) is 0 Å². The summed E-state index contributed by atoms with van der Waals surface area (Å²) in [4.78, 5) is 28.0. The first-order chi connectivity index (χ1) is 10.9. The summed E-state index contributed by atoms with van der Waals surface area (Å²) in [6.07, 6.45) is 1.52. The summed E-state index contributed by atoms with van der Waals surface area (Å²) in [5.74, 6) is -0.394. The molecule has 6 nitrogen and oxygen atoms in total. The van der Waals surface area contributed by atoms with Gasteiger partial charge in [0.2, 0.25) is 0 Å². The summed E-state index contributed by atoms with van der Waals surface area (Å²) >= 11 is 0. The van der Waals surface area contributed by atoms with Gasteiger partial charge < -0.3 is 10.3 Å². The number of carbonyl (C=O) groups is 2. The number of amides is 3. The average Bonchev–Trinajstić information content (AvgIpc) is 2.96. The van der Waals surface area contributed by atoms with Crippen LogP contribution in [0.4, 0.5) is 4.79 Å². The van der Waals surface area contributed by atoms with E-state index < -0.39 is 17.5 Å². The zero-order chi connectivity index (χ0) is 16.6. The molecule has 0 radical (unpaired) electrons. The lowest BCUT2D eigenvalue weighted by molar-refractivity contribution is -0.131. The minimum Gasteiger partial charge on any atom is -0.362 e. The summed E-state index contributed by atoms with van der Waals surface area (Å²) < 4.78 is 0. The number of urea groups is 1. The number of nitrogens with zero attached hydrogens (tertiary/aromatic N) is 2. The standard InChI is InChI=1S/C17H18N4O2/c1-11-9-13(12(2)19-11)10-18-21-15(22)17(3,20-16(21)23)14-7-5-4-6-8-14/h4-10,19H,1-3H3,(H,20,23)/b18-10+/t17-/m0/s1. The summed E-state index contributed by atoms with van der Waals surface area (Å²) in [5, 5.41) is 7.68. The van der Waals surface area contributed by atoms with Gasteiger partial charge in [-0.3, -0.25) is 4.79 Å². The van der Waals surface area contributed by atoms with Gasteiger partial charge in [-0.1, -0.05) is 30.3 Å². The average molecular weight is 310 g/mol. The minimum atomic E-state index is -1.10. The number of nitrogens with one attached hydrogen (secondary N) is 2. The molecule has 1 aliphatic heterocycles. The summed E-state index contributed by atoms with van der Waals surface area (Å²) in [6, 6.07) is 10.5. The highest BCUT2D eigenvalue weighted by molar-refractivity contribution is 6.07. The molecule has 0 spiro atoms. The van der Waals surface area contributed by atoms with Gasteiger partial charge in [-0.15, -0.1) is 5.01 Å². The number of aromatic amines is 1. The predicted molar refractivity (Wildman–Crippen MR) is 87.0 cm³/mol. The Bertz CT molecular complexity index is 794. The van der Waals surface area contributed by atoms with Crippen LogP contribution in [0.3, 0.4) is 0 Å². The van der Waals surface area contributed by atoms with Crippen molar-refractivity contribution in [1.82, 2.24) is 15.3 Å². The van der Waals surface area contributed by atoms with Crippen LogP contribution in [-0.2, 0) is 10.3 Å². The smallest absolute Gasteiger partial charge is 0.346 e. The molecule has 1 saturated heterocycles. The highest BCUT2D eigenvalue weighted by atomic mass is 16.2. The summed E-state index contributed by atoms with van der Waals surface area (Å²) in [6.45, 7) is 5.53. The molecule has 0 bridgehead atoms. The topological polar surface area (TPSA) is 77.6 Å².